The number of benzene rings is 2. The molecule has 0 radical (unpaired) electrons. The molecule has 0 heterocycles. The van der Waals surface area contributed by atoms with E-state index >= 15 is 0 Å². The van der Waals surface area contributed by atoms with Crippen molar-refractivity contribution in [1.82, 2.24) is 0 Å². The Morgan fingerprint density at radius 2 is 1.88 bits per heavy atom. The van der Waals surface area contributed by atoms with Gasteiger partial charge >= 0.3 is 5.97 Å². The highest BCUT2D eigenvalue weighted by Gasteiger charge is 2.07. The van der Waals surface area contributed by atoms with E-state index in [9.17, 15) is 4.79 Å². The number of nitrogens with zero attached hydrogens (tertiary/aromatic N) is 1. The van der Waals surface area contributed by atoms with Gasteiger partial charge in [0.25, 0.3) is 0 Å². The molecule has 0 saturated carbocycles. The molecule has 0 spiro atoms. The SMILES string of the molecule is CCOC(=O)c1cccc(CON=C(C)c2ccc(Cl)c(Cl)c2)c1. The van der Waals surface area contributed by atoms with Gasteiger partial charge in [0, 0.05) is 5.56 Å². The first-order chi connectivity index (χ1) is 11.5. The van der Waals surface area contributed by atoms with Crippen molar-refractivity contribution >= 4 is 34.9 Å². The summed E-state index contributed by atoms with van der Waals surface area (Å²) in [7, 11) is 0. The van der Waals surface area contributed by atoms with Crippen LogP contribution >= 0.6 is 23.2 Å². The van der Waals surface area contributed by atoms with Crippen LogP contribution in [0.4, 0.5) is 0 Å². The lowest BCUT2D eigenvalue weighted by atomic mass is 10.1. The van der Waals surface area contributed by atoms with E-state index in [1.807, 2.05) is 19.1 Å². The van der Waals surface area contributed by atoms with Crippen LogP contribution in [-0.2, 0) is 16.2 Å². The molecule has 0 atom stereocenters. The molecular weight excluding hydrogens is 349 g/mol. The number of rotatable bonds is 6. The second-order valence-corrected chi connectivity index (χ2v) is 5.81. The third kappa shape index (κ3) is 4.98. The topological polar surface area (TPSA) is 47.9 Å². The molecule has 24 heavy (non-hydrogen) atoms. The molecule has 6 heteroatoms. The van der Waals surface area contributed by atoms with E-state index in [0.29, 0.717) is 27.9 Å². The Morgan fingerprint density at radius 1 is 1.08 bits per heavy atom. The summed E-state index contributed by atoms with van der Waals surface area (Å²) in [5.41, 5.74) is 2.81. The van der Waals surface area contributed by atoms with Gasteiger partial charge in [0.1, 0.15) is 6.61 Å². The van der Waals surface area contributed by atoms with Crippen LogP contribution in [0.5, 0.6) is 0 Å². The van der Waals surface area contributed by atoms with Crippen molar-refractivity contribution in [2.24, 2.45) is 5.16 Å². The molecule has 0 amide bonds. The number of halogens is 2. The Labute approximate surface area is 151 Å². The van der Waals surface area contributed by atoms with E-state index in [-0.39, 0.29) is 12.6 Å². The van der Waals surface area contributed by atoms with Crippen molar-refractivity contribution < 1.29 is 14.4 Å². The number of hydrogen-bond donors (Lipinski definition) is 0. The van der Waals surface area contributed by atoms with Crippen LogP contribution in [-0.4, -0.2) is 18.3 Å². The molecule has 0 aliphatic rings. The summed E-state index contributed by atoms with van der Waals surface area (Å²) in [6, 6.07) is 12.3. The quantitative estimate of drug-likeness (QED) is 0.405. The van der Waals surface area contributed by atoms with E-state index in [1.165, 1.54) is 0 Å². The lowest BCUT2D eigenvalue weighted by Crippen LogP contribution is -2.05. The number of oxime groups is 1. The minimum absolute atomic E-state index is 0.242. The minimum atomic E-state index is -0.352. The Bertz CT molecular complexity index is 760. The van der Waals surface area contributed by atoms with Crippen LogP contribution in [0.1, 0.15) is 35.3 Å². The Balaban J connectivity index is 2.01. The first-order valence-electron chi connectivity index (χ1n) is 7.39. The largest absolute Gasteiger partial charge is 0.462 e. The number of ether oxygens (including phenoxy) is 1. The standard InChI is InChI=1S/C18H17Cl2NO3/c1-3-23-18(22)15-6-4-5-13(9-15)11-24-21-12(2)14-7-8-16(19)17(20)10-14/h4-10H,3,11H2,1-2H3. The van der Waals surface area contributed by atoms with Gasteiger partial charge in [0.2, 0.25) is 0 Å². The van der Waals surface area contributed by atoms with Gasteiger partial charge in [-0.1, -0.05) is 46.6 Å². The van der Waals surface area contributed by atoms with Gasteiger partial charge in [-0.2, -0.15) is 0 Å². The molecule has 4 nitrogen and oxygen atoms in total. The van der Waals surface area contributed by atoms with Crippen LogP contribution in [0.3, 0.4) is 0 Å². The molecule has 0 aromatic heterocycles. The maximum absolute atomic E-state index is 11.7. The molecule has 2 aromatic rings. The zero-order valence-corrected chi connectivity index (χ0v) is 14.9. The van der Waals surface area contributed by atoms with Gasteiger partial charge in [0.05, 0.1) is 27.9 Å². The fourth-order valence-electron chi connectivity index (χ4n) is 1.98. The Morgan fingerprint density at radius 3 is 2.58 bits per heavy atom. The smallest absolute Gasteiger partial charge is 0.338 e. The van der Waals surface area contributed by atoms with Crippen molar-refractivity contribution in [2.75, 3.05) is 6.61 Å². The first kappa shape index (κ1) is 18.3. The van der Waals surface area contributed by atoms with Gasteiger partial charge in [-0.15, -0.1) is 0 Å². The average Bonchev–Trinajstić information content (AvgIpc) is 2.57. The van der Waals surface area contributed by atoms with Crippen molar-refractivity contribution in [3.05, 3.63) is 69.2 Å². The summed E-state index contributed by atoms with van der Waals surface area (Å²) >= 11 is 11.9. The lowest BCUT2D eigenvalue weighted by Gasteiger charge is -2.06. The predicted octanol–water partition coefficient (Wildman–Crippen LogP) is 5.11. The molecular formula is C18H17Cl2NO3. The highest BCUT2D eigenvalue weighted by molar-refractivity contribution is 6.42. The van der Waals surface area contributed by atoms with Gasteiger partial charge in [-0.25, -0.2) is 4.79 Å². The second kappa shape index (κ2) is 8.71. The molecule has 0 unspecified atom stereocenters. The highest BCUT2D eigenvalue weighted by atomic mass is 35.5. The summed E-state index contributed by atoms with van der Waals surface area (Å²) < 4.78 is 4.97. The van der Waals surface area contributed by atoms with Crippen molar-refractivity contribution in [2.45, 2.75) is 20.5 Å². The van der Waals surface area contributed by atoms with E-state index in [1.54, 1.807) is 37.3 Å². The first-order valence-corrected chi connectivity index (χ1v) is 8.15. The molecule has 0 aliphatic carbocycles. The number of hydrogen-bond acceptors (Lipinski definition) is 4. The summed E-state index contributed by atoms with van der Waals surface area (Å²) in [5, 5.41) is 5.02. The molecule has 0 aliphatic heterocycles. The van der Waals surface area contributed by atoms with Gasteiger partial charge in [-0.3, -0.25) is 0 Å². The molecule has 0 N–H and O–H groups in total. The van der Waals surface area contributed by atoms with Crippen LogP contribution in [0, 0.1) is 0 Å². The third-order valence-electron chi connectivity index (χ3n) is 3.21. The summed E-state index contributed by atoms with van der Waals surface area (Å²) in [4.78, 5) is 17.1. The Hall–Kier alpha value is -2.04. The summed E-state index contributed by atoms with van der Waals surface area (Å²) in [6.45, 7) is 4.17. The normalized spacial score (nSPS) is 11.2. The molecule has 0 bridgehead atoms. The second-order valence-electron chi connectivity index (χ2n) is 5.00. The van der Waals surface area contributed by atoms with Crippen LogP contribution < -0.4 is 0 Å². The molecule has 0 saturated heterocycles. The zero-order chi connectivity index (χ0) is 17.5. The van der Waals surface area contributed by atoms with Gasteiger partial charge in [-0.05, 0) is 43.7 Å². The lowest BCUT2D eigenvalue weighted by molar-refractivity contribution is 0.0526. The number of carbonyl (C=O) groups is 1. The zero-order valence-electron chi connectivity index (χ0n) is 13.4. The van der Waals surface area contributed by atoms with Crippen molar-refractivity contribution in [1.29, 1.82) is 0 Å². The van der Waals surface area contributed by atoms with E-state index in [2.05, 4.69) is 5.16 Å². The Kier molecular flexibility index (Phi) is 6.64. The van der Waals surface area contributed by atoms with Crippen molar-refractivity contribution in [3.63, 3.8) is 0 Å². The number of carbonyl (C=O) groups excluding carboxylic acids is 1. The van der Waals surface area contributed by atoms with Gasteiger partial charge in [0.15, 0.2) is 0 Å². The molecule has 2 rings (SSSR count). The molecule has 0 fully saturated rings. The predicted molar refractivity (Wildman–Crippen MR) is 95.9 cm³/mol. The fourth-order valence-corrected chi connectivity index (χ4v) is 2.28. The molecule has 2 aromatic carbocycles. The monoisotopic (exact) mass is 365 g/mol. The highest BCUT2D eigenvalue weighted by Crippen LogP contribution is 2.23. The maximum atomic E-state index is 11.7. The minimum Gasteiger partial charge on any atom is -0.462 e. The number of esters is 1. The van der Waals surface area contributed by atoms with Gasteiger partial charge < -0.3 is 9.57 Å². The van der Waals surface area contributed by atoms with E-state index < -0.39 is 0 Å². The summed E-state index contributed by atoms with van der Waals surface area (Å²) in [5.74, 6) is -0.352. The average molecular weight is 366 g/mol. The maximum Gasteiger partial charge on any atom is 0.338 e. The third-order valence-corrected chi connectivity index (χ3v) is 3.95. The van der Waals surface area contributed by atoms with E-state index in [4.69, 9.17) is 32.8 Å². The van der Waals surface area contributed by atoms with E-state index in [0.717, 1.165) is 11.1 Å². The van der Waals surface area contributed by atoms with Crippen LogP contribution in [0.2, 0.25) is 10.0 Å². The van der Waals surface area contributed by atoms with Crippen LogP contribution in [0.25, 0.3) is 0 Å². The van der Waals surface area contributed by atoms with Crippen molar-refractivity contribution in [3.8, 4) is 0 Å². The van der Waals surface area contributed by atoms with Crippen LogP contribution in [0.15, 0.2) is 47.6 Å². The fraction of sp³-hybridized carbons (Fsp3) is 0.222. The summed E-state index contributed by atoms with van der Waals surface area (Å²) in [6.07, 6.45) is 0. The molecule has 126 valence electrons.